The van der Waals surface area contributed by atoms with Crippen molar-refractivity contribution in [1.82, 2.24) is 29.3 Å². The number of methoxy groups -OCH3 is 2. The highest BCUT2D eigenvalue weighted by atomic mass is 16.5. The number of benzene rings is 2. The standard InChI is InChI=1S/C27H29N7O2/c1-18-16-33(19(2)30-18)8-9-34(22-10-23(35-4)13-24(11-22)36-5)21-6-7-25-26(12-21)31-27(15-28-25)20-14-29-32(3)17-20/h6-7,10-17H,8-9H2,1-5H3. The van der Waals surface area contributed by atoms with E-state index in [1.54, 1.807) is 31.3 Å². The highest BCUT2D eigenvalue weighted by molar-refractivity contribution is 5.82. The molecule has 0 N–H and O–H groups in total. The first-order valence-corrected chi connectivity index (χ1v) is 11.7. The van der Waals surface area contributed by atoms with Crippen molar-refractivity contribution in [1.29, 1.82) is 0 Å². The molecule has 0 atom stereocenters. The van der Waals surface area contributed by atoms with Crippen LogP contribution in [-0.2, 0) is 13.6 Å². The van der Waals surface area contributed by atoms with Gasteiger partial charge in [0.15, 0.2) is 0 Å². The molecule has 0 amide bonds. The van der Waals surface area contributed by atoms with E-state index in [2.05, 4.69) is 42.9 Å². The largest absolute Gasteiger partial charge is 0.497 e. The molecule has 0 aliphatic rings. The van der Waals surface area contributed by atoms with Crippen LogP contribution in [-0.4, -0.2) is 50.1 Å². The summed E-state index contributed by atoms with van der Waals surface area (Å²) in [5.41, 5.74) is 6.30. The van der Waals surface area contributed by atoms with Gasteiger partial charge in [0, 0.05) is 67.7 Å². The van der Waals surface area contributed by atoms with Crippen LogP contribution in [0.4, 0.5) is 11.4 Å². The average Bonchev–Trinajstić information content (AvgIpc) is 3.47. The minimum Gasteiger partial charge on any atom is -0.497 e. The summed E-state index contributed by atoms with van der Waals surface area (Å²) in [4.78, 5) is 16.3. The molecule has 0 saturated heterocycles. The zero-order valence-corrected chi connectivity index (χ0v) is 21.1. The van der Waals surface area contributed by atoms with Crippen molar-refractivity contribution in [2.24, 2.45) is 7.05 Å². The van der Waals surface area contributed by atoms with E-state index in [0.29, 0.717) is 6.54 Å². The van der Waals surface area contributed by atoms with Gasteiger partial charge in [0.25, 0.3) is 0 Å². The predicted molar refractivity (Wildman–Crippen MR) is 140 cm³/mol. The van der Waals surface area contributed by atoms with Crippen LogP contribution in [0.25, 0.3) is 22.3 Å². The fourth-order valence-corrected chi connectivity index (χ4v) is 4.32. The molecule has 5 aromatic rings. The van der Waals surface area contributed by atoms with Crippen LogP contribution in [0.1, 0.15) is 11.5 Å². The number of aromatic nitrogens is 6. The van der Waals surface area contributed by atoms with Crippen molar-refractivity contribution >= 4 is 22.4 Å². The number of fused-ring (bicyclic) bond motifs is 1. The quantitative estimate of drug-likeness (QED) is 0.316. The summed E-state index contributed by atoms with van der Waals surface area (Å²) in [5, 5.41) is 4.26. The van der Waals surface area contributed by atoms with E-state index in [-0.39, 0.29) is 0 Å². The minimum atomic E-state index is 0.703. The van der Waals surface area contributed by atoms with E-state index in [1.165, 1.54) is 0 Å². The van der Waals surface area contributed by atoms with Crippen LogP contribution in [0, 0.1) is 13.8 Å². The van der Waals surface area contributed by atoms with Gasteiger partial charge in [-0.3, -0.25) is 9.67 Å². The zero-order valence-electron chi connectivity index (χ0n) is 21.1. The van der Waals surface area contributed by atoms with Crippen molar-refractivity contribution in [2.45, 2.75) is 20.4 Å². The molecule has 0 aliphatic heterocycles. The average molecular weight is 484 g/mol. The Labute approximate surface area is 210 Å². The van der Waals surface area contributed by atoms with Gasteiger partial charge in [-0.1, -0.05) is 0 Å². The van der Waals surface area contributed by atoms with Crippen LogP contribution in [0.5, 0.6) is 11.5 Å². The molecule has 3 aromatic heterocycles. The molecule has 0 spiro atoms. The molecule has 3 heterocycles. The maximum Gasteiger partial charge on any atom is 0.124 e. The monoisotopic (exact) mass is 483 g/mol. The van der Waals surface area contributed by atoms with Crippen molar-refractivity contribution in [3.8, 4) is 22.8 Å². The Hall–Kier alpha value is -4.40. The number of anilines is 2. The number of imidazole rings is 1. The summed E-state index contributed by atoms with van der Waals surface area (Å²) in [6.07, 6.45) is 7.59. The summed E-state index contributed by atoms with van der Waals surface area (Å²) < 4.78 is 15.0. The van der Waals surface area contributed by atoms with Gasteiger partial charge in [-0.25, -0.2) is 9.97 Å². The van der Waals surface area contributed by atoms with E-state index in [9.17, 15) is 0 Å². The smallest absolute Gasteiger partial charge is 0.124 e. The maximum absolute atomic E-state index is 5.55. The predicted octanol–water partition coefficient (Wildman–Crippen LogP) is 4.70. The maximum atomic E-state index is 5.55. The first-order chi connectivity index (χ1) is 17.4. The minimum absolute atomic E-state index is 0.703. The lowest BCUT2D eigenvalue weighted by Crippen LogP contribution is -2.23. The molecule has 5 rings (SSSR count). The molecular formula is C27H29N7O2. The highest BCUT2D eigenvalue weighted by Crippen LogP contribution is 2.34. The van der Waals surface area contributed by atoms with Crippen LogP contribution in [0.3, 0.4) is 0 Å². The first-order valence-electron chi connectivity index (χ1n) is 11.7. The molecule has 2 aromatic carbocycles. The van der Waals surface area contributed by atoms with E-state index in [1.807, 2.05) is 51.4 Å². The second-order valence-electron chi connectivity index (χ2n) is 8.68. The van der Waals surface area contributed by atoms with E-state index in [0.717, 1.165) is 63.2 Å². The molecule has 0 radical (unpaired) electrons. The SMILES string of the molecule is COc1cc(OC)cc(N(CCn2cc(C)nc2C)c2ccc3ncc(-c4cnn(C)c4)nc3c2)c1. The van der Waals surface area contributed by atoms with Crippen LogP contribution < -0.4 is 14.4 Å². The number of hydrogen-bond donors (Lipinski definition) is 0. The zero-order chi connectivity index (χ0) is 25.2. The molecule has 0 aliphatic carbocycles. The normalized spacial score (nSPS) is 11.1. The van der Waals surface area contributed by atoms with Gasteiger partial charge >= 0.3 is 0 Å². The Morgan fingerprint density at radius 3 is 2.28 bits per heavy atom. The number of ether oxygens (including phenoxy) is 2. The summed E-state index contributed by atoms with van der Waals surface area (Å²) in [7, 11) is 5.21. The lowest BCUT2D eigenvalue weighted by molar-refractivity contribution is 0.394. The van der Waals surface area contributed by atoms with Gasteiger partial charge < -0.3 is 18.9 Å². The van der Waals surface area contributed by atoms with Gasteiger partial charge in [0.05, 0.1) is 49.0 Å². The summed E-state index contributed by atoms with van der Waals surface area (Å²) in [5.74, 6) is 2.44. The van der Waals surface area contributed by atoms with E-state index in [4.69, 9.17) is 14.5 Å². The molecule has 184 valence electrons. The fourth-order valence-electron chi connectivity index (χ4n) is 4.32. The Bertz CT molecular complexity index is 1500. The van der Waals surface area contributed by atoms with Crippen molar-refractivity contribution < 1.29 is 9.47 Å². The summed E-state index contributed by atoms with van der Waals surface area (Å²) in [6, 6.07) is 12.0. The van der Waals surface area contributed by atoms with Gasteiger partial charge in [-0.05, 0) is 32.0 Å². The van der Waals surface area contributed by atoms with Crippen LogP contribution >= 0.6 is 0 Å². The molecular weight excluding hydrogens is 454 g/mol. The van der Waals surface area contributed by atoms with Gasteiger partial charge in [-0.15, -0.1) is 0 Å². The van der Waals surface area contributed by atoms with Gasteiger partial charge in [0.1, 0.15) is 17.3 Å². The number of hydrogen-bond acceptors (Lipinski definition) is 7. The third-order valence-corrected chi connectivity index (χ3v) is 6.15. The van der Waals surface area contributed by atoms with Crippen LogP contribution in [0.2, 0.25) is 0 Å². The molecule has 0 unspecified atom stereocenters. The second kappa shape index (κ2) is 9.69. The molecule has 0 fully saturated rings. The Morgan fingerprint density at radius 2 is 1.64 bits per heavy atom. The Balaban J connectivity index is 1.57. The van der Waals surface area contributed by atoms with Crippen molar-refractivity contribution in [3.63, 3.8) is 0 Å². The second-order valence-corrected chi connectivity index (χ2v) is 8.68. The lowest BCUT2D eigenvalue weighted by atomic mass is 10.2. The van der Waals surface area contributed by atoms with Gasteiger partial charge in [-0.2, -0.15) is 5.10 Å². The lowest BCUT2D eigenvalue weighted by Gasteiger charge is -2.26. The van der Waals surface area contributed by atoms with E-state index < -0.39 is 0 Å². The van der Waals surface area contributed by atoms with Crippen molar-refractivity contribution in [3.05, 3.63) is 72.7 Å². The molecule has 0 bridgehead atoms. The number of rotatable bonds is 8. The summed E-state index contributed by atoms with van der Waals surface area (Å²) in [6.45, 7) is 5.49. The summed E-state index contributed by atoms with van der Waals surface area (Å²) >= 11 is 0. The number of nitrogens with zero attached hydrogens (tertiary/aromatic N) is 7. The van der Waals surface area contributed by atoms with Crippen molar-refractivity contribution in [2.75, 3.05) is 25.7 Å². The number of aryl methyl sites for hydroxylation is 3. The topological polar surface area (TPSA) is 83.1 Å². The first kappa shape index (κ1) is 23.3. The van der Waals surface area contributed by atoms with Crippen LogP contribution in [0.15, 0.2) is 61.2 Å². The Kier molecular flexibility index (Phi) is 6.28. The highest BCUT2D eigenvalue weighted by Gasteiger charge is 2.15. The Morgan fingerprint density at radius 1 is 0.861 bits per heavy atom. The molecule has 9 heteroatoms. The fraction of sp³-hybridized carbons (Fsp3) is 0.259. The molecule has 0 saturated carbocycles. The third kappa shape index (κ3) is 4.72. The van der Waals surface area contributed by atoms with E-state index >= 15 is 0 Å². The molecule has 9 nitrogen and oxygen atoms in total. The molecule has 36 heavy (non-hydrogen) atoms. The third-order valence-electron chi connectivity index (χ3n) is 6.15. The van der Waals surface area contributed by atoms with Gasteiger partial charge in [0.2, 0.25) is 0 Å².